The fraction of sp³-hybridized carbons (Fsp3) is 0.700. The molecule has 2 unspecified atom stereocenters. The van der Waals surface area contributed by atoms with E-state index in [4.69, 9.17) is 0 Å². The molecule has 0 saturated heterocycles. The van der Waals surface area contributed by atoms with E-state index in [9.17, 15) is 18.8 Å². The molecule has 1 fully saturated rings. The number of ether oxygens (including phenoxy) is 1. The Bertz CT molecular complexity index is 287. The molecule has 84 valence electrons. The molecule has 15 heavy (non-hydrogen) atoms. The minimum absolute atomic E-state index is 0.0739. The average Bonchev–Trinajstić information content (AvgIpc) is 2.21. The summed E-state index contributed by atoms with van der Waals surface area (Å²) in [6, 6.07) is 0. The van der Waals surface area contributed by atoms with Crippen molar-refractivity contribution in [3.8, 4) is 0 Å². The van der Waals surface area contributed by atoms with Gasteiger partial charge >= 0.3 is 5.97 Å². The Balaban J connectivity index is 2.66. The second-order valence-corrected chi connectivity index (χ2v) is 3.44. The molecule has 0 aromatic heterocycles. The number of hydrogen-bond donors (Lipinski definition) is 0. The Hall–Kier alpha value is -1.26. The zero-order valence-electron chi connectivity index (χ0n) is 8.49. The van der Waals surface area contributed by atoms with Gasteiger partial charge in [-0.2, -0.15) is 0 Å². The van der Waals surface area contributed by atoms with Crippen molar-refractivity contribution >= 4 is 17.5 Å². The van der Waals surface area contributed by atoms with Crippen LogP contribution in [-0.4, -0.2) is 30.3 Å². The summed E-state index contributed by atoms with van der Waals surface area (Å²) in [6.45, 7) is 1.64. The molecule has 0 radical (unpaired) electrons. The Morgan fingerprint density at radius 2 is 2.13 bits per heavy atom. The third-order valence-electron chi connectivity index (χ3n) is 2.40. The van der Waals surface area contributed by atoms with Crippen molar-refractivity contribution in [1.82, 2.24) is 0 Å². The summed E-state index contributed by atoms with van der Waals surface area (Å²) in [5.41, 5.74) is 0. The highest BCUT2D eigenvalue weighted by atomic mass is 19.1. The van der Waals surface area contributed by atoms with Crippen LogP contribution in [0.2, 0.25) is 0 Å². The number of Topliss-reactive ketones (excluding diaryl/α,β-unsaturated/α-hetero) is 2. The average molecular weight is 216 g/mol. The van der Waals surface area contributed by atoms with Crippen LogP contribution in [0, 0.1) is 5.92 Å². The second kappa shape index (κ2) is 5.00. The van der Waals surface area contributed by atoms with Gasteiger partial charge in [0.2, 0.25) is 0 Å². The standard InChI is InChI=1S/C10H13FO4/c1-2-15-10(14)9(13)6-4-3-5-7(11)8(6)12/h6-7H,2-5H2,1H3. The van der Waals surface area contributed by atoms with Gasteiger partial charge in [0.15, 0.2) is 12.0 Å². The Labute approximate surface area is 86.8 Å². The first-order valence-corrected chi connectivity index (χ1v) is 4.96. The van der Waals surface area contributed by atoms with Crippen molar-refractivity contribution in [1.29, 1.82) is 0 Å². The van der Waals surface area contributed by atoms with Gasteiger partial charge in [-0.3, -0.25) is 9.59 Å². The molecule has 5 heteroatoms. The minimum Gasteiger partial charge on any atom is -0.460 e. The lowest BCUT2D eigenvalue weighted by molar-refractivity contribution is -0.158. The molecule has 1 saturated carbocycles. The van der Waals surface area contributed by atoms with E-state index in [2.05, 4.69) is 4.74 Å². The first kappa shape index (κ1) is 11.8. The molecule has 0 heterocycles. The number of carbonyl (C=O) groups excluding carboxylic acids is 3. The lowest BCUT2D eigenvalue weighted by Gasteiger charge is -2.20. The number of carbonyl (C=O) groups is 3. The van der Waals surface area contributed by atoms with Crippen LogP contribution in [0.5, 0.6) is 0 Å². The van der Waals surface area contributed by atoms with Crippen molar-refractivity contribution in [2.45, 2.75) is 32.4 Å². The monoisotopic (exact) mass is 216 g/mol. The van der Waals surface area contributed by atoms with Crippen molar-refractivity contribution < 1.29 is 23.5 Å². The van der Waals surface area contributed by atoms with E-state index in [1.54, 1.807) is 6.92 Å². The van der Waals surface area contributed by atoms with Gasteiger partial charge < -0.3 is 4.74 Å². The van der Waals surface area contributed by atoms with E-state index in [1.807, 2.05) is 0 Å². The van der Waals surface area contributed by atoms with Crippen molar-refractivity contribution in [3.05, 3.63) is 0 Å². The molecule has 0 aliphatic heterocycles. The highest BCUT2D eigenvalue weighted by Crippen LogP contribution is 2.24. The maximum atomic E-state index is 13.0. The number of alkyl halides is 1. The Morgan fingerprint density at radius 1 is 1.47 bits per heavy atom. The number of halogens is 1. The van der Waals surface area contributed by atoms with Gasteiger partial charge in [-0.25, -0.2) is 9.18 Å². The first-order chi connectivity index (χ1) is 7.07. The van der Waals surface area contributed by atoms with Crippen LogP contribution in [0.4, 0.5) is 4.39 Å². The van der Waals surface area contributed by atoms with Crippen LogP contribution in [-0.2, 0) is 19.1 Å². The molecule has 4 nitrogen and oxygen atoms in total. The maximum absolute atomic E-state index is 13.0. The molecule has 0 spiro atoms. The molecule has 1 aliphatic carbocycles. The van der Waals surface area contributed by atoms with Gasteiger partial charge in [0.1, 0.15) is 0 Å². The molecule has 0 aromatic rings. The van der Waals surface area contributed by atoms with Crippen molar-refractivity contribution in [2.75, 3.05) is 6.61 Å². The van der Waals surface area contributed by atoms with Gasteiger partial charge in [-0.15, -0.1) is 0 Å². The Morgan fingerprint density at radius 3 is 2.73 bits per heavy atom. The predicted molar refractivity (Wildman–Crippen MR) is 48.9 cm³/mol. The van der Waals surface area contributed by atoms with E-state index in [0.717, 1.165) is 0 Å². The first-order valence-electron chi connectivity index (χ1n) is 4.96. The highest BCUT2D eigenvalue weighted by Gasteiger charge is 2.39. The van der Waals surface area contributed by atoms with Gasteiger partial charge in [-0.05, 0) is 26.2 Å². The molecular formula is C10H13FO4. The Kier molecular flexibility index (Phi) is 3.94. The van der Waals surface area contributed by atoms with Crippen LogP contribution in [0.15, 0.2) is 0 Å². The molecule has 1 aliphatic rings. The minimum atomic E-state index is -1.61. The zero-order valence-corrected chi connectivity index (χ0v) is 8.49. The molecule has 2 atom stereocenters. The summed E-state index contributed by atoms with van der Waals surface area (Å²) in [5, 5.41) is 0. The quantitative estimate of drug-likeness (QED) is 0.398. The summed E-state index contributed by atoms with van der Waals surface area (Å²) in [5.74, 6) is -3.86. The fourth-order valence-electron chi connectivity index (χ4n) is 1.61. The van der Waals surface area contributed by atoms with Gasteiger partial charge in [-0.1, -0.05) is 0 Å². The van der Waals surface area contributed by atoms with E-state index in [1.165, 1.54) is 0 Å². The highest BCUT2D eigenvalue weighted by molar-refractivity contribution is 6.38. The number of rotatable bonds is 3. The summed E-state index contributed by atoms with van der Waals surface area (Å²) >= 11 is 0. The summed E-state index contributed by atoms with van der Waals surface area (Å²) < 4.78 is 17.5. The van der Waals surface area contributed by atoms with E-state index >= 15 is 0 Å². The summed E-state index contributed by atoms with van der Waals surface area (Å²) in [4.78, 5) is 33.7. The van der Waals surface area contributed by atoms with Crippen LogP contribution in [0.3, 0.4) is 0 Å². The molecule has 0 N–H and O–H groups in total. The van der Waals surface area contributed by atoms with Gasteiger partial charge in [0, 0.05) is 0 Å². The smallest absolute Gasteiger partial charge is 0.375 e. The summed E-state index contributed by atoms with van der Waals surface area (Å²) in [7, 11) is 0. The van der Waals surface area contributed by atoms with Gasteiger partial charge in [0.25, 0.3) is 5.78 Å². The number of hydrogen-bond acceptors (Lipinski definition) is 4. The van der Waals surface area contributed by atoms with Crippen LogP contribution >= 0.6 is 0 Å². The number of ketones is 2. The predicted octanol–water partition coefficient (Wildman–Crippen LogP) is 0.826. The van der Waals surface area contributed by atoms with E-state index in [0.29, 0.717) is 6.42 Å². The third-order valence-corrected chi connectivity index (χ3v) is 2.40. The lowest BCUT2D eigenvalue weighted by atomic mass is 9.84. The molecule has 0 bridgehead atoms. The third kappa shape index (κ3) is 2.61. The second-order valence-electron chi connectivity index (χ2n) is 3.44. The SMILES string of the molecule is CCOC(=O)C(=O)C1CCCC(F)C1=O. The molecular weight excluding hydrogens is 203 g/mol. The van der Waals surface area contributed by atoms with Crippen molar-refractivity contribution in [2.24, 2.45) is 5.92 Å². The lowest BCUT2D eigenvalue weighted by Crippen LogP contribution is -2.38. The fourth-order valence-corrected chi connectivity index (χ4v) is 1.61. The van der Waals surface area contributed by atoms with Crippen LogP contribution in [0.25, 0.3) is 0 Å². The van der Waals surface area contributed by atoms with E-state index < -0.39 is 29.6 Å². The molecule has 0 aromatic carbocycles. The maximum Gasteiger partial charge on any atom is 0.375 e. The topological polar surface area (TPSA) is 60.4 Å². The normalized spacial score (nSPS) is 26.1. The van der Waals surface area contributed by atoms with Crippen molar-refractivity contribution in [3.63, 3.8) is 0 Å². The molecule has 0 amide bonds. The van der Waals surface area contributed by atoms with Crippen LogP contribution in [0.1, 0.15) is 26.2 Å². The van der Waals surface area contributed by atoms with E-state index in [-0.39, 0.29) is 19.4 Å². The van der Waals surface area contributed by atoms with Crippen LogP contribution < -0.4 is 0 Å². The van der Waals surface area contributed by atoms with Gasteiger partial charge in [0.05, 0.1) is 12.5 Å². The molecule has 1 rings (SSSR count). The largest absolute Gasteiger partial charge is 0.460 e. The summed E-state index contributed by atoms with van der Waals surface area (Å²) in [6.07, 6.45) is -0.771. The zero-order chi connectivity index (χ0) is 11.4. The number of esters is 1.